The van der Waals surface area contributed by atoms with E-state index in [0.717, 1.165) is 5.75 Å². The molecule has 0 unspecified atom stereocenters. The maximum atomic E-state index is 3.53. The Morgan fingerprint density at radius 2 is 2.43 bits per heavy atom. The van der Waals surface area contributed by atoms with E-state index in [0.29, 0.717) is 0 Å². The van der Waals surface area contributed by atoms with Gasteiger partial charge in [0.15, 0.2) is 0 Å². The Hall–Kier alpha value is -0.170. The van der Waals surface area contributed by atoms with Gasteiger partial charge in [-0.3, -0.25) is 0 Å². The Kier molecular flexibility index (Phi) is 5.69. The summed E-state index contributed by atoms with van der Waals surface area (Å²) in [6, 6.07) is 0. The van der Waals surface area contributed by atoms with Crippen molar-refractivity contribution in [2.75, 3.05) is 5.75 Å². The first-order valence-corrected chi connectivity index (χ1v) is 3.36. The summed E-state index contributed by atoms with van der Waals surface area (Å²) in [5.41, 5.74) is 0. The second-order valence-corrected chi connectivity index (χ2v) is 2.20. The minimum absolute atomic E-state index is 1.14. The third-order valence-corrected chi connectivity index (χ3v) is 1.16. The minimum Gasteiger partial charge on any atom is -0.134 e. The number of allylic oxidation sites excluding steroid dienone is 2. The van der Waals surface area contributed by atoms with Gasteiger partial charge >= 0.3 is 0 Å². The molecule has 0 aromatic carbocycles. The van der Waals surface area contributed by atoms with Crippen LogP contribution in [-0.2, 0) is 0 Å². The maximum absolute atomic E-state index is 3.53. The van der Waals surface area contributed by atoms with Gasteiger partial charge in [-0.15, -0.1) is 11.8 Å². The van der Waals surface area contributed by atoms with Crippen LogP contribution in [0.15, 0.2) is 24.1 Å². The van der Waals surface area contributed by atoms with Crippen molar-refractivity contribution in [3.63, 3.8) is 0 Å². The maximum Gasteiger partial charge on any atom is -0.00544 e. The summed E-state index contributed by atoms with van der Waals surface area (Å²) in [4.78, 5) is 0. The van der Waals surface area contributed by atoms with Gasteiger partial charge in [0.1, 0.15) is 0 Å². The van der Waals surface area contributed by atoms with Crippen LogP contribution in [0.4, 0.5) is 0 Å². The molecule has 0 atom stereocenters. The summed E-state index contributed by atoms with van der Waals surface area (Å²) in [5, 5.41) is 2.03. The smallest absolute Gasteiger partial charge is 0.00544 e. The van der Waals surface area contributed by atoms with E-state index in [2.05, 4.69) is 13.5 Å². The third-order valence-electron chi connectivity index (χ3n) is 0.478. The SMILES string of the molecule is C=C/C=C/SCC. The second kappa shape index (κ2) is 5.83. The van der Waals surface area contributed by atoms with Gasteiger partial charge in [0.05, 0.1) is 0 Å². The lowest BCUT2D eigenvalue weighted by atomic mass is 10.6. The van der Waals surface area contributed by atoms with Gasteiger partial charge in [0.25, 0.3) is 0 Å². The van der Waals surface area contributed by atoms with Gasteiger partial charge in [-0.2, -0.15) is 0 Å². The fourth-order valence-electron chi connectivity index (χ4n) is 0.207. The molecule has 0 aromatic rings. The molecule has 0 saturated carbocycles. The molecule has 0 bridgehead atoms. The van der Waals surface area contributed by atoms with E-state index in [-0.39, 0.29) is 0 Å². The van der Waals surface area contributed by atoms with Crippen LogP contribution in [0.1, 0.15) is 6.92 Å². The summed E-state index contributed by atoms with van der Waals surface area (Å²) >= 11 is 1.78. The van der Waals surface area contributed by atoms with E-state index in [9.17, 15) is 0 Å². The van der Waals surface area contributed by atoms with E-state index in [1.807, 2.05) is 11.5 Å². The van der Waals surface area contributed by atoms with E-state index in [1.165, 1.54) is 0 Å². The summed E-state index contributed by atoms with van der Waals surface area (Å²) < 4.78 is 0. The molecule has 1 heteroatoms. The van der Waals surface area contributed by atoms with Gasteiger partial charge in [0, 0.05) is 0 Å². The lowest BCUT2D eigenvalue weighted by molar-refractivity contribution is 1.54. The quantitative estimate of drug-likeness (QED) is 0.508. The van der Waals surface area contributed by atoms with Crippen LogP contribution in [0.3, 0.4) is 0 Å². The molecule has 40 valence electrons. The van der Waals surface area contributed by atoms with Crippen molar-refractivity contribution in [1.82, 2.24) is 0 Å². The van der Waals surface area contributed by atoms with Gasteiger partial charge in [-0.25, -0.2) is 0 Å². The number of hydrogen-bond acceptors (Lipinski definition) is 1. The van der Waals surface area contributed by atoms with Crippen molar-refractivity contribution in [2.45, 2.75) is 6.92 Å². The first-order chi connectivity index (χ1) is 3.41. The highest BCUT2D eigenvalue weighted by molar-refractivity contribution is 8.02. The summed E-state index contributed by atoms with van der Waals surface area (Å²) in [5.74, 6) is 1.14. The van der Waals surface area contributed by atoms with Crippen LogP contribution in [0.25, 0.3) is 0 Å². The molecule has 0 aliphatic carbocycles. The molecule has 0 aliphatic heterocycles. The highest BCUT2D eigenvalue weighted by Crippen LogP contribution is 1.98. The Bertz CT molecular complexity index is 64.6. The summed E-state index contributed by atoms with van der Waals surface area (Å²) in [6.45, 7) is 5.66. The Balaban J connectivity index is 2.92. The lowest BCUT2D eigenvalue weighted by Gasteiger charge is -1.77. The Morgan fingerprint density at radius 1 is 1.71 bits per heavy atom. The monoisotopic (exact) mass is 114 g/mol. The zero-order chi connectivity index (χ0) is 5.54. The summed E-state index contributed by atoms with van der Waals surface area (Å²) in [6.07, 6.45) is 3.72. The molecule has 0 rings (SSSR count). The molecule has 0 fully saturated rings. The molecule has 0 amide bonds. The van der Waals surface area contributed by atoms with Crippen LogP contribution in [0.5, 0.6) is 0 Å². The zero-order valence-corrected chi connectivity index (χ0v) is 5.37. The molecule has 0 aliphatic rings. The van der Waals surface area contributed by atoms with Gasteiger partial charge in [-0.05, 0) is 11.2 Å². The van der Waals surface area contributed by atoms with Crippen molar-refractivity contribution in [3.05, 3.63) is 24.1 Å². The molecule has 0 N–H and O–H groups in total. The van der Waals surface area contributed by atoms with Crippen molar-refractivity contribution < 1.29 is 0 Å². The van der Waals surface area contributed by atoms with Crippen molar-refractivity contribution >= 4 is 11.8 Å². The van der Waals surface area contributed by atoms with E-state index in [4.69, 9.17) is 0 Å². The lowest BCUT2D eigenvalue weighted by Crippen LogP contribution is -1.54. The average molecular weight is 114 g/mol. The predicted octanol–water partition coefficient (Wildman–Crippen LogP) is 2.44. The second-order valence-electron chi connectivity index (χ2n) is 1.02. The number of thioether (sulfide) groups is 1. The first-order valence-electron chi connectivity index (χ1n) is 2.31. The molecule has 0 nitrogen and oxygen atoms in total. The number of rotatable bonds is 3. The molecular weight excluding hydrogens is 104 g/mol. The zero-order valence-electron chi connectivity index (χ0n) is 4.55. The van der Waals surface area contributed by atoms with Gasteiger partial charge in [-0.1, -0.05) is 25.7 Å². The van der Waals surface area contributed by atoms with Crippen LogP contribution >= 0.6 is 11.8 Å². The van der Waals surface area contributed by atoms with Crippen LogP contribution < -0.4 is 0 Å². The normalized spacial score (nSPS) is 9.86. The molecule has 0 radical (unpaired) electrons. The highest BCUT2D eigenvalue weighted by atomic mass is 32.2. The van der Waals surface area contributed by atoms with E-state index < -0.39 is 0 Å². The van der Waals surface area contributed by atoms with Gasteiger partial charge < -0.3 is 0 Å². The Labute approximate surface area is 49.3 Å². The highest BCUT2D eigenvalue weighted by Gasteiger charge is 1.65. The van der Waals surface area contributed by atoms with Crippen LogP contribution in [-0.4, -0.2) is 5.75 Å². The third kappa shape index (κ3) is 5.83. The standard InChI is InChI=1S/C6H10S/c1-3-5-6-7-4-2/h3,5-6H,1,4H2,2H3/b6-5+. The van der Waals surface area contributed by atoms with E-state index in [1.54, 1.807) is 17.8 Å². The fraction of sp³-hybridized carbons (Fsp3) is 0.333. The summed E-state index contributed by atoms with van der Waals surface area (Å²) in [7, 11) is 0. The first kappa shape index (κ1) is 6.83. The van der Waals surface area contributed by atoms with Crippen molar-refractivity contribution in [2.24, 2.45) is 0 Å². The van der Waals surface area contributed by atoms with Crippen LogP contribution in [0.2, 0.25) is 0 Å². The van der Waals surface area contributed by atoms with Crippen molar-refractivity contribution in [1.29, 1.82) is 0 Å². The van der Waals surface area contributed by atoms with Crippen LogP contribution in [0, 0.1) is 0 Å². The average Bonchev–Trinajstić information content (AvgIpc) is 1.69. The number of hydrogen-bond donors (Lipinski definition) is 0. The molecule has 0 aromatic heterocycles. The molecule has 7 heavy (non-hydrogen) atoms. The molecule has 0 heterocycles. The molecular formula is C6H10S. The van der Waals surface area contributed by atoms with Gasteiger partial charge in [0.2, 0.25) is 0 Å². The molecule has 0 spiro atoms. The van der Waals surface area contributed by atoms with Crippen molar-refractivity contribution in [3.8, 4) is 0 Å². The predicted molar refractivity (Wildman–Crippen MR) is 37.5 cm³/mol. The minimum atomic E-state index is 1.14. The molecule has 0 saturated heterocycles. The topological polar surface area (TPSA) is 0 Å². The van der Waals surface area contributed by atoms with E-state index >= 15 is 0 Å². The Morgan fingerprint density at radius 3 is 2.86 bits per heavy atom. The fourth-order valence-corrected chi connectivity index (χ4v) is 0.622. The largest absolute Gasteiger partial charge is 0.134 e.